The number of rotatable bonds is 9. The highest BCUT2D eigenvalue weighted by molar-refractivity contribution is 7.37. The van der Waals surface area contributed by atoms with Gasteiger partial charge in [-0.2, -0.15) is 0 Å². The number of methoxy groups -OCH3 is 1. The molecule has 1 unspecified atom stereocenters. The van der Waals surface area contributed by atoms with Crippen molar-refractivity contribution < 1.29 is 13.9 Å². The normalized spacial score (nSPS) is 22.9. The monoisotopic (exact) mass is 428 g/mol. The largest absolute Gasteiger partial charge is 0.497 e. The third kappa shape index (κ3) is 5.35. The van der Waals surface area contributed by atoms with E-state index in [1.165, 1.54) is 30.6 Å². The topological polar surface area (TPSA) is 18.5 Å². The average molecular weight is 429 g/mol. The molecule has 0 spiro atoms. The number of halogens is 1. The molecule has 0 bridgehead atoms. The van der Waals surface area contributed by atoms with Crippen molar-refractivity contribution in [3.05, 3.63) is 59.4 Å². The van der Waals surface area contributed by atoms with Crippen LogP contribution in [0.4, 0.5) is 4.39 Å². The quantitative estimate of drug-likeness (QED) is 0.401. The molecule has 0 aromatic heterocycles. The first-order chi connectivity index (χ1) is 14.7. The van der Waals surface area contributed by atoms with Gasteiger partial charge in [0.25, 0.3) is 0 Å². The van der Waals surface area contributed by atoms with Crippen molar-refractivity contribution in [3.8, 4) is 11.5 Å². The molecular formula is C26H34FO2P. The summed E-state index contributed by atoms with van der Waals surface area (Å²) >= 11 is 0. The van der Waals surface area contributed by atoms with E-state index in [4.69, 9.17) is 9.47 Å². The van der Waals surface area contributed by atoms with Gasteiger partial charge in [-0.15, -0.1) is 8.58 Å². The molecule has 0 heterocycles. The lowest BCUT2D eigenvalue weighted by Gasteiger charge is -2.29. The summed E-state index contributed by atoms with van der Waals surface area (Å²) in [4.78, 5) is 0. The second-order valence-electron chi connectivity index (χ2n) is 8.99. The summed E-state index contributed by atoms with van der Waals surface area (Å²) in [6.45, 7) is 3.07. The fraction of sp³-hybridized carbons (Fsp3) is 0.538. The van der Waals surface area contributed by atoms with Crippen LogP contribution in [0, 0.1) is 17.7 Å². The highest BCUT2D eigenvalue weighted by atomic mass is 31.1. The summed E-state index contributed by atoms with van der Waals surface area (Å²) in [6.07, 6.45) is 8.28. The Balaban J connectivity index is 1.30. The van der Waals surface area contributed by atoms with Gasteiger partial charge in [0.1, 0.15) is 17.3 Å². The maximum atomic E-state index is 14.3. The second kappa shape index (κ2) is 10.1. The minimum absolute atomic E-state index is 0.106. The molecule has 2 aliphatic rings. The zero-order chi connectivity index (χ0) is 20.9. The van der Waals surface area contributed by atoms with Gasteiger partial charge >= 0.3 is 0 Å². The molecule has 2 aromatic rings. The Morgan fingerprint density at radius 1 is 1.00 bits per heavy atom. The molecule has 0 N–H and O–H groups in total. The van der Waals surface area contributed by atoms with E-state index in [-0.39, 0.29) is 11.7 Å². The van der Waals surface area contributed by atoms with Crippen molar-refractivity contribution in [1.29, 1.82) is 0 Å². The van der Waals surface area contributed by atoms with Crippen LogP contribution in [0.1, 0.15) is 61.5 Å². The summed E-state index contributed by atoms with van der Waals surface area (Å²) in [5.41, 5.74) is 2.27. The predicted octanol–water partition coefficient (Wildman–Crippen LogP) is 6.99. The molecular weight excluding hydrogens is 394 g/mol. The molecule has 4 rings (SSSR count). The van der Waals surface area contributed by atoms with Gasteiger partial charge < -0.3 is 9.47 Å². The van der Waals surface area contributed by atoms with E-state index >= 15 is 0 Å². The van der Waals surface area contributed by atoms with Gasteiger partial charge in [0.05, 0.1) is 13.7 Å². The van der Waals surface area contributed by atoms with Gasteiger partial charge in [-0.1, -0.05) is 12.1 Å². The minimum Gasteiger partial charge on any atom is -0.497 e. The Labute approximate surface area is 182 Å². The third-order valence-electron chi connectivity index (χ3n) is 6.88. The van der Waals surface area contributed by atoms with Gasteiger partial charge in [-0.3, -0.25) is 0 Å². The van der Waals surface area contributed by atoms with E-state index in [0.717, 1.165) is 63.9 Å². The summed E-state index contributed by atoms with van der Waals surface area (Å²) in [7, 11) is 2.64. The van der Waals surface area contributed by atoms with Gasteiger partial charge in [0, 0.05) is 0 Å². The maximum absolute atomic E-state index is 14.3. The van der Waals surface area contributed by atoms with Crippen molar-refractivity contribution in [3.63, 3.8) is 0 Å². The van der Waals surface area contributed by atoms with Crippen LogP contribution in [-0.2, 0) is 0 Å². The maximum Gasteiger partial charge on any atom is 0.126 e. The van der Waals surface area contributed by atoms with Crippen LogP contribution in [0.3, 0.4) is 0 Å². The highest BCUT2D eigenvalue weighted by Gasteiger charge is 2.31. The summed E-state index contributed by atoms with van der Waals surface area (Å²) in [5.74, 6) is 4.09. The van der Waals surface area contributed by atoms with Crippen molar-refractivity contribution in [2.75, 3.05) is 26.5 Å². The van der Waals surface area contributed by atoms with Crippen molar-refractivity contribution in [1.82, 2.24) is 0 Å². The van der Waals surface area contributed by atoms with Crippen molar-refractivity contribution >= 4 is 8.58 Å². The molecule has 2 aliphatic carbocycles. The lowest BCUT2D eigenvalue weighted by atomic mass is 9.79. The minimum atomic E-state index is -0.106. The van der Waals surface area contributed by atoms with Crippen molar-refractivity contribution in [2.45, 2.75) is 50.4 Å². The van der Waals surface area contributed by atoms with E-state index in [1.807, 2.05) is 6.07 Å². The highest BCUT2D eigenvalue weighted by Crippen LogP contribution is 2.45. The SMILES string of the molecule is COc1ccc(F)c(C2CCC(COc3cccc([C@H](CPC)C4CC4)c3)CC2)c1. The van der Waals surface area contributed by atoms with Crippen molar-refractivity contribution in [2.24, 2.45) is 11.8 Å². The van der Waals surface area contributed by atoms with Crippen LogP contribution in [0.5, 0.6) is 11.5 Å². The van der Waals surface area contributed by atoms with E-state index < -0.39 is 0 Å². The first kappa shape index (κ1) is 21.6. The summed E-state index contributed by atoms with van der Waals surface area (Å²) in [6, 6.07) is 13.9. The van der Waals surface area contributed by atoms with E-state index in [9.17, 15) is 4.39 Å². The molecule has 0 aliphatic heterocycles. The molecule has 0 radical (unpaired) electrons. The Kier molecular flexibility index (Phi) is 7.31. The molecule has 0 saturated heterocycles. The standard InChI is InChI=1S/C26H34FO2P/c1-28-22-12-13-26(27)24(15-22)19-8-6-18(7-9-19)16-29-23-5-3-4-21(14-23)25(17-30-2)20-10-11-20/h3-5,12-15,18-20,25,30H,6-11,16-17H2,1-2H3/t18?,19?,25-/m1/s1. The molecule has 0 amide bonds. The van der Waals surface area contributed by atoms with Crippen LogP contribution in [0.15, 0.2) is 42.5 Å². The molecule has 2 saturated carbocycles. The Morgan fingerprint density at radius 2 is 1.80 bits per heavy atom. The zero-order valence-electron chi connectivity index (χ0n) is 18.2. The van der Waals surface area contributed by atoms with E-state index in [1.54, 1.807) is 13.2 Å². The van der Waals surface area contributed by atoms with Gasteiger partial charge in [-0.25, -0.2) is 4.39 Å². The van der Waals surface area contributed by atoms with Gasteiger partial charge in [-0.05, 0) is 116 Å². The van der Waals surface area contributed by atoms with E-state index in [0.29, 0.717) is 11.8 Å². The molecule has 4 heteroatoms. The fourth-order valence-corrected chi connectivity index (χ4v) is 5.93. The van der Waals surface area contributed by atoms with Crippen LogP contribution in [0.2, 0.25) is 0 Å². The first-order valence-electron chi connectivity index (χ1n) is 11.4. The molecule has 2 nitrogen and oxygen atoms in total. The number of hydrogen-bond donors (Lipinski definition) is 0. The molecule has 2 fully saturated rings. The van der Waals surface area contributed by atoms with Crippen LogP contribution >= 0.6 is 8.58 Å². The molecule has 30 heavy (non-hydrogen) atoms. The predicted molar refractivity (Wildman–Crippen MR) is 124 cm³/mol. The Hall–Kier alpha value is -1.60. The zero-order valence-corrected chi connectivity index (χ0v) is 19.2. The summed E-state index contributed by atoms with van der Waals surface area (Å²) in [5, 5.41) is 0. The number of hydrogen-bond acceptors (Lipinski definition) is 2. The number of ether oxygens (including phenoxy) is 2. The average Bonchev–Trinajstić information content (AvgIpc) is 3.62. The third-order valence-corrected chi connectivity index (χ3v) is 7.72. The van der Waals surface area contributed by atoms with Gasteiger partial charge in [0.2, 0.25) is 0 Å². The lowest BCUT2D eigenvalue weighted by Crippen LogP contribution is -2.20. The van der Waals surface area contributed by atoms with Crippen LogP contribution < -0.4 is 9.47 Å². The molecule has 2 atom stereocenters. The van der Waals surface area contributed by atoms with Crippen LogP contribution in [0.25, 0.3) is 0 Å². The fourth-order valence-electron chi connectivity index (χ4n) is 4.93. The molecule has 2 aromatic carbocycles. The smallest absolute Gasteiger partial charge is 0.126 e. The Bertz CT molecular complexity index is 828. The summed E-state index contributed by atoms with van der Waals surface area (Å²) < 4.78 is 25.8. The first-order valence-corrected chi connectivity index (χ1v) is 13.1. The number of benzene rings is 2. The van der Waals surface area contributed by atoms with Gasteiger partial charge in [0.15, 0.2) is 0 Å². The second-order valence-corrected chi connectivity index (χ2v) is 10.1. The Morgan fingerprint density at radius 3 is 2.50 bits per heavy atom. The van der Waals surface area contributed by atoms with E-state index in [2.05, 4.69) is 30.9 Å². The molecule has 162 valence electrons. The van der Waals surface area contributed by atoms with Crippen LogP contribution in [-0.4, -0.2) is 26.5 Å². The lowest BCUT2D eigenvalue weighted by molar-refractivity contribution is 0.199.